The summed E-state index contributed by atoms with van der Waals surface area (Å²) >= 11 is 0. The molecule has 0 amide bonds. The van der Waals surface area contributed by atoms with Crippen molar-refractivity contribution in [3.05, 3.63) is 23.3 Å². The molecule has 4 nitrogen and oxygen atoms in total. The number of hydrogen-bond acceptors (Lipinski definition) is 4. The Balaban J connectivity index is 3.16. The third-order valence-electron chi connectivity index (χ3n) is 2.17. The molecule has 0 spiro atoms. The Morgan fingerprint density at radius 3 is 2.64 bits per heavy atom. The van der Waals surface area contributed by atoms with Gasteiger partial charge in [-0.2, -0.15) is 0 Å². The summed E-state index contributed by atoms with van der Waals surface area (Å²) in [5.41, 5.74) is 1.70. The topological polar surface area (TPSA) is 64.7 Å². The fourth-order valence-electron chi connectivity index (χ4n) is 1.40. The molecule has 1 rings (SSSR count). The van der Waals surface area contributed by atoms with E-state index in [-0.39, 0.29) is 12.4 Å². The first-order valence-electron chi connectivity index (χ1n) is 4.44. The molecule has 0 radical (unpaired) electrons. The van der Waals surface area contributed by atoms with E-state index >= 15 is 0 Å². The number of rotatable bonds is 4. The predicted molar refractivity (Wildman–Crippen MR) is 53.0 cm³/mol. The fourth-order valence-corrected chi connectivity index (χ4v) is 1.40. The van der Waals surface area contributed by atoms with Gasteiger partial charge in [-0.05, 0) is 18.1 Å². The fraction of sp³-hybridized carbons (Fsp3) is 0.400. The third kappa shape index (κ3) is 1.97. The first-order chi connectivity index (χ1) is 6.74. The molecule has 0 saturated heterocycles. The molecule has 0 aromatic heterocycles. The molecule has 0 aliphatic heterocycles. The summed E-state index contributed by atoms with van der Waals surface area (Å²) in [6, 6.07) is 3.63. The molecule has 0 heterocycles. The molecule has 0 aliphatic carbocycles. The molecule has 3 N–H and O–H groups in total. The van der Waals surface area contributed by atoms with Gasteiger partial charge in [-0.3, -0.25) is 4.84 Å². The van der Waals surface area contributed by atoms with E-state index < -0.39 is 0 Å². The molecule has 0 unspecified atom stereocenters. The number of hydrogen-bond donors (Lipinski definition) is 2. The molecular weight excluding hydrogens is 182 g/mol. The molecule has 1 aromatic carbocycles. The number of aromatic hydroxyl groups is 1. The molecule has 78 valence electrons. The monoisotopic (exact) mass is 197 g/mol. The van der Waals surface area contributed by atoms with Gasteiger partial charge in [0.25, 0.3) is 0 Å². The van der Waals surface area contributed by atoms with E-state index in [9.17, 15) is 5.11 Å². The summed E-state index contributed by atoms with van der Waals surface area (Å²) in [4.78, 5) is 4.54. The zero-order chi connectivity index (χ0) is 10.6. The van der Waals surface area contributed by atoms with Crippen LogP contribution in [0.2, 0.25) is 0 Å². The summed E-state index contributed by atoms with van der Waals surface area (Å²) in [5, 5.41) is 9.77. The number of benzene rings is 1. The summed E-state index contributed by atoms with van der Waals surface area (Å²) in [7, 11) is 1.51. The Kier molecular flexibility index (Phi) is 3.73. The van der Waals surface area contributed by atoms with E-state index in [1.54, 1.807) is 6.07 Å². The molecule has 0 saturated carbocycles. The van der Waals surface area contributed by atoms with Crippen molar-refractivity contribution >= 4 is 0 Å². The van der Waals surface area contributed by atoms with E-state index in [2.05, 4.69) is 4.84 Å². The van der Waals surface area contributed by atoms with Gasteiger partial charge in [-0.1, -0.05) is 13.0 Å². The molecule has 14 heavy (non-hydrogen) atoms. The molecule has 0 fully saturated rings. The van der Waals surface area contributed by atoms with Gasteiger partial charge in [-0.15, -0.1) is 0 Å². The van der Waals surface area contributed by atoms with Gasteiger partial charge in [-0.25, -0.2) is 5.90 Å². The normalized spacial score (nSPS) is 10.2. The minimum atomic E-state index is 0.109. The van der Waals surface area contributed by atoms with Crippen molar-refractivity contribution in [3.8, 4) is 11.5 Å². The number of aryl methyl sites for hydroxylation is 1. The predicted octanol–water partition coefficient (Wildman–Crippen LogP) is 1.35. The smallest absolute Gasteiger partial charge is 0.163 e. The van der Waals surface area contributed by atoms with Crippen LogP contribution in [0.15, 0.2) is 12.1 Å². The lowest BCUT2D eigenvalue weighted by atomic mass is 10.0. The second-order valence-electron chi connectivity index (χ2n) is 2.92. The first-order valence-corrected chi connectivity index (χ1v) is 4.44. The first kappa shape index (κ1) is 10.8. The molecule has 0 aliphatic rings. The van der Waals surface area contributed by atoms with Crippen LogP contribution in [0.5, 0.6) is 11.5 Å². The van der Waals surface area contributed by atoms with Crippen molar-refractivity contribution in [1.82, 2.24) is 0 Å². The van der Waals surface area contributed by atoms with Crippen molar-refractivity contribution in [2.75, 3.05) is 7.11 Å². The van der Waals surface area contributed by atoms with Crippen LogP contribution >= 0.6 is 0 Å². The van der Waals surface area contributed by atoms with Gasteiger partial charge in [0.2, 0.25) is 0 Å². The molecular formula is C10H15NO3. The zero-order valence-corrected chi connectivity index (χ0v) is 8.41. The maximum absolute atomic E-state index is 9.77. The van der Waals surface area contributed by atoms with E-state index in [0.29, 0.717) is 11.3 Å². The number of phenols is 1. The average Bonchev–Trinajstić information content (AvgIpc) is 2.21. The lowest BCUT2D eigenvalue weighted by Gasteiger charge is -2.12. The maximum Gasteiger partial charge on any atom is 0.163 e. The Morgan fingerprint density at radius 1 is 1.43 bits per heavy atom. The SMILES string of the molecule is CCc1ccc(OC)c(O)c1CON. The van der Waals surface area contributed by atoms with E-state index in [1.807, 2.05) is 13.0 Å². The van der Waals surface area contributed by atoms with Crippen LogP contribution in [0.25, 0.3) is 0 Å². The van der Waals surface area contributed by atoms with Crippen molar-refractivity contribution in [2.45, 2.75) is 20.0 Å². The van der Waals surface area contributed by atoms with Gasteiger partial charge < -0.3 is 9.84 Å². The Hall–Kier alpha value is -1.26. The summed E-state index contributed by atoms with van der Waals surface area (Å²) in [6.45, 7) is 2.19. The van der Waals surface area contributed by atoms with Crippen LogP contribution < -0.4 is 10.6 Å². The quantitative estimate of drug-likeness (QED) is 0.715. The summed E-state index contributed by atoms with van der Waals surface area (Å²) < 4.78 is 4.99. The van der Waals surface area contributed by atoms with Crippen molar-refractivity contribution < 1.29 is 14.7 Å². The summed E-state index contributed by atoms with van der Waals surface area (Å²) in [6.07, 6.45) is 0.816. The number of nitrogens with two attached hydrogens (primary N) is 1. The number of methoxy groups -OCH3 is 1. The Labute approximate surface area is 83.2 Å². The van der Waals surface area contributed by atoms with Gasteiger partial charge in [0.1, 0.15) is 0 Å². The Morgan fingerprint density at radius 2 is 2.14 bits per heavy atom. The van der Waals surface area contributed by atoms with Crippen molar-refractivity contribution in [1.29, 1.82) is 0 Å². The average molecular weight is 197 g/mol. The molecule has 0 bridgehead atoms. The highest BCUT2D eigenvalue weighted by Crippen LogP contribution is 2.32. The standard InChI is InChI=1S/C10H15NO3/c1-3-7-4-5-9(13-2)10(12)8(7)6-14-11/h4-5,12H,3,6,11H2,1-2H3. The van der Waals surface area contributed by atoms with E-state index in [4.69, 9.17) is 10.6 Å². The molecule has 0 atom stereocenters. The van der Waals surface area contributed by atoms with E-state index in [0.717, 1.165) is 12.0 Å². The lowest BCUT2D eigenvalue weighted by Crippen LogP contribution is -2.03. The van der Waals surface area contributed by atoms with Crippen LogP contribution in [0.3, 0.4) is 0 Å². The van der Waals surface area contributed by atoms with Gasteiger partial charge in [0, 0.05) is 5.56 Å². The number of phenolic OH excluding ortho intramolecular Hbond substituents is 1. The number of ether oxygens (including phenoxy) is 1. The van der Waals surface area contributed by atoms with Crippen LogP contribution in [0, 0.1) is 0 Å². The van der Waals surface area contributed by atoms with E-state index in [1.165, 1.54) is 7.11 Å². The largest absolute Gasteiger partial charge is 0.504 e. The van der Waals surface area contributed by atoms with Crippen LogP contribution in [-0.2, 0) is 17.9 Å². The molecule has 4 heteroatoms. The van der Waals surface area contributed by atoms with Gasteiger partial charge in [0.05, 0.1) is 13.7 Å². The summed E-state index contributed by atoms with van der Waals surface area (Å²) in [5.74, 6) is 5.54. The highest BCUT2D eigenvalue weighted by Gasteiger charge is 2.11. The highest BCUT2D eigenvalue weighted by molar-refractivity contribution is 5.49. The Bertz CT molecular complexity index is 312. The van der Waals surface area contributed by atoms with Crippen molar-refractivity contribution in [2.24, 2.45) is 5.90 Å². The zero-order valence-electron chi connectivity index (χ0n) is 8.41. The van der Waals surface area contributed by atoms with Crippen LogP contribution in [-0.4, -0.2) is 12.2 Å². The van der Waals surface area contributed by atoms with Gasteiger partial charge in [0.15, 0.2) is 11.5 Å². The second-order valence-corrected chi connectivity index (χ2v) is 2.92. The second kappa shape index (κ2) is 4.83. The lowest BCUT2D eigenvalue weighted by molar-refractivity contribution is 0.121. The third-order valence-corrected chi connectivity index (χ3v) is 2.17. The van der Waals surface area contributed by atoms with Crippen LogP contribution in [0.4, 0.5) is 0 Å². The minimum absolute atomic E-state index is 0.109. The maximum atomic E-state index is 9.77. The van der Waals surface area contributed by atoms with Crippen molar-refractivity contribution in [3.63, 3.8) is 0 Å². The molecule has 1 aromatic rings. The van der Waals surface area contributed by atoms with Crippen LogP contribution in [0.1, 0.15) is 18.1 Å². The highest BCUT2D eigenvalue weighted by atomic mass is 16.6. The minimum Gasteiger partial charge on any atom is -0.504 e. The van der Waals surface area contributed by atoms with Gasteiger partial charge >= 0.3 is 0 Å².